The van der Waals surface area contributed by atoms with Crippen molar-refractivity contribution in [2.75, 3.05) is 25.5 Å². The minimum absolute atomic E-state index is 0.0993. The fraction of sp³-hybridized carbons (Fsp3) is 0.176. The Bertz CT molecular complexity index is 910. The zero-order valence-electron chi connectivity index (χ0n) is 13.5. The van der Waals surface area contributed by atoms with Crippen LogP contribution in [0.2, 0.25) is 0 Å². The largest absolute Gasteiger partial charge is 0.464 e. The molecule has 0 bridgehead atoms. The number of methoxy groups -OCH3 is 1. The summed E-state index contributed by atoms with van der Waals surface area (Å²) in [5, 5.41) is 7.02. The van der Waals surface area contributed by atoms with E-state index in [1.165, 1.54) is 24.7 Å². The van der Waals surface area contributed by atoms with E-state index in [0.717, 1.165) is 15.9 Å². The Kier molecular flexibility index (Phi) is 5.20. The summed E-state index contributed by atoms with van der Waals surface area (Å²) < 4.78 is 10.1. The Morgan fingerprint density at radius 3 is 2.72 bits per heavy atom. The molecule has 0 fully saturated rings. The Morgan fingerprint density at radius 1 is 1.08 bits per heavy atom. The lowest BCUT2D eigenvalue weighted by Crippen LogP contribution is -2.29. The quantitative estimate of drug-likeness (QED) is 0.520. The number of pyridine rings is 1. The predicted molar refractivity (Wildman–Crippen MR) is 96.0 cm³/mol. The lowest BCUT2D eigenvalue weighted by Gasteiger charge is -2.07. The van der Waals surface area contributed by atoms with Gasteiger partial charge in [0, 0.05) is 18.5 Å². The molecule has 128 valence electrons. The van der Waals surface area contributed by atoms with Crippen LogP contribution in [0.1, 0.15) is 21.0 Å². The molecule has 3 aromatic rings. The second-order valence-electron chi connectivity index (χ2n) is 5.11. The molecule has 1 amide bonds. The third-order valence-electron chi connectivity index (χ3n) is 3.46. The summed E-state index contributed by atoms with van der Waals surface area (Å²) in [5.74, 6) is -0.122. The number of amides is 1. The van der Waals surface area contributed by atoms with Crippen molar-refractivity contribution in [1.82, 2.24) is 14.7 Å². The lowest BCUT2D eigenvalue weighted by molar-refractivity contribution is 0.0594. The number of carbonyl (C=O) groups excluding carboxylic acids is 2. The van der Waals surface area contributed by atoms with Gasteiger partial charge in [0.1, 0.15) is 17.2 Å². The van der Waals surface area contributed by atoms with E-state index in [-0.39, 0.29) is 17.3 Å². The average Bonchev–Trinajstić information content (AvgIpc) is 3.07. The van der Waals surface area contributed by atoms with E-state index in [0.29, 0.717) is 13.1 Å². The van der Waals surface area contributed by atoms with E-state index < -0.39 is 5.97 Å². The van der Waals surface area contributed by atoms with Gasteiger partial charge in [0.2, 0.25) is 0 Å². The van der Waals surface area contributed by atoms with Crippen LogP contribution in [-0.4, -0.2) is 41.4 Å². The van der Waals surface area contributed by atoms with Crippen molar-refractivity contribution >= 4 is 39.3 Å². The van der Waals surface area contributed by atoms with Crippen LogP contribution in [0.25, 0.3) is 10.1 Å². The first-order valence-corrected chi connectivity index (χ1v) is 8.38. The summed E-state index contributed by atoms with van der Waals surface area (Å²) in [6.45, 7) is 0.922. The highest BCUT2D eigenvalue weighted by Crippen LogP contribution is 2.25. The fourth-order valence-corrected chi connectivity index (χ4v) is 3.00. The Hall–Kier alpha value is -3.00. The number of fused-ring (bicyclic) bond motifs is 1. The monoisotopic (exact) mass is 356 g/mol. The molecule has 0 saturated heterocycles. The molecular formula is C17H16N4O3S. The maximum Gasteiger partial charge on any atom is 0.356 e. The van der Waals surface area contributed by atoms with Gasteiger partial charge in [-0.1, -0.05) is 18.2 Å². The Balaban J connectivity index is 1.54. The first kappa shape index (κ1) is 16.8. The van der Waals surface area contributed by atoms with Gasteiger partial charge in [-0.3, -0.25) is 4.79 Å². The van der Waals surface area contributed by atoms with Gasteiger partial charge in [-0.15, -0.1) is 0 Å². The van der Waals surface area contributed by atoms with E-state index in [1.54, 1.807) is 12.1 Å². The lowest BCUT2D eigenvalue weighted by atomic mass is 10.2. The molecule has 3 rings (SSSR count). The standard InChI is InChI=1S/C17H16N4O3S/c1-24-17(23)13-7-4-6-12(20-13)16(22)19-10-9-18-15-11-5-2-3-8-14(11)25-21-15/h2-8H,9-10H2,1H3,(H,18,21)(H,19,22). The highest BCUT2D eigenvalue weighted by molar-refractivity contribution is 7.13. The molecule has 0 atom stereocenters. The molecule has 25 heavy (non-hydrogen) atoms. The summed E-state index contributed by atoms with van der Waals surface area (Å²) in [6.07, 6.45) is 0. The third-order valence-corrected chi connectivity index (χ3v) is 4.28. The molecule has 0 aliphatic rings. The van der Waals surface area contributed by atoms with Crippen molar-refractivity contribution in [2.24, 2.45) is 0 Å². The maximum absolute atomic E-state index is 12.1. The summed E-state index contributed by atoms with van der Waals surface area (Å²) in [4.78, 5) is 27.6. The van der Waals surface area contributed by atoms with Crippen LogP contribution in [0, 0.1) is 0 Å². The Labute approximate surface area is 148 Å². The number of aromatic nitrogens is 2. The van der Waals surface area contributed by atoms with Gasteiger partial charge in [-0.25, -0.2) is 9.78 Å². The minimum atomic E-state index is -0.577. The van der Waals surface area contributed by atoms with Crippen LogP contribution in [0.15, 0.2) is 42.5 Å². The molecule has 8 heteroatoms. The summed E-state index contributed by atoms with van der Waals surface area (Å²) in [7, 11) is 1.27. The zero-order valence-corrected chi connectivity index (χ0v) is 14.3. The second kappa shape index (κ2) is 7.71. The van der Waals surface area contributed by atoms with Gasteiger partial charge < -0.3 is 15.4 Å². The van der Waals surface area contributed by atoms with Gasteiger partial charge >= 0.3 is 5.97 Å². The Morgan fingerprint density at radius 2 is 1.88 bits per heavy atom. The summed E-state index contributed by atoms with van der Waals surface area (Å²) in [6, 6.07) is 12.6. The molecular weight excluding hydrogens is 340 g/mol. The molecule has 7 nitrogen and oxygen atoms in total. The summed E-state index contributed by atoms with van der Waals surface area (Å²) >= 11 is 1.43. The van der Waals surface area contributed by atoms with Gasteiger partial charge in [0.15, 0.2) is 0 Å². The average molecular weight is 356 g/mol. The number of hydrogen-bond donors (Lipinski definition) is 2. The normalized spacial score (nSPS) is 10.4. The molecule has 2 aromatic heterocycles. The van der Waals surface area contributed by atoms with E-state index in [2.05, 4.69) is 24.7 Å². The van der Waals surface area contributed by atoms with Gasteiger partial charge in [-0.2, -0.15) is 4.37 Å². The molecule has 2 N–H and O–H groups in total. The number of nitrogens with zero attached hydrogens (tertiary/aromatic N) is 2. The number of nitrogens with one attached hydrogen (secondary N) is 2. The van der Waals surface area contributed by atoms with E-state index >= 15 is 0 Å². The highest BCUT2D eigenvalue weighted by Gasteiger charge is 2.12. The fourth-order valence-electron chi connectivity index (χ4n) is 2.24. The van der Waals surface area contributed by atoms with Gasteiger partial charge in [0.25, 0.3) is 5.91 Å². The minimum Gasteiger partial charge on any atom is -0.464 e. The molecule has 0 spiro atoms. The van der Waals surface area contributed by atoms with Crippen LogP contribution in [0.4, 0.5) is 5.82 Å². The molecule has 0 aliphatic heterocycles. The number of anilines is 1. The molecule has 0 radical (unpaired) electrons. The van der Waals surface area contributed by atoms with Crippen LogP contribution >= 0.6 is 11.5 Å². The van der Waals surface area contributed by atoms with Gasteiger partial charge in [0.05, 0.1) is 11.8 Å². The maximum atomic E-state index is 12.1. The van der Waals surface area contributed by atoms with Crippen LogP contribution in [0.5, 0.6) is 0 Å². The van der Waals surface area contributed by atoms with Crippen molar-refractivity contribution < 1.29 is 14.3 Å². The van der Waals surface area contributed by atoms with Crippen molar-refractivity contribution in [2.45, 2.75) is 0 Å². The molecule has 2 heterocycles. The summed E-state index contributed by atoms with van der Waals surface area (Å²) in [5.41, 5.74) is 0.268. The van der Waals surface area contributed by atoms with E-state index in [4.69, 9.17) is 0 Å². The molecule has 0 aliphatic carbocycles. The number of rotatable bonds is 6. The smallest absolute Gasteiger partial charge is 0.356 e. The van der Waals surface area contributed by atoms with Crippen LogP contribution in [-0.2, 0) is 4.74 Å². The second-order valence-corrected chi connectivity index (χ2v) is 5.91. The first-order valence-electron chi connectivity index (χ1n) is 7.61. The zero-order chi connectivity index (χ0) is 17.6. The highest BCUT2D eigenvalue weighted by atomic mass is 32.1. The molecule has 0 saturated carbocycles. The van der Waals surface area contributed by atoms with Crippen molar-refractivity contribution in [3.63, 3.8) is 0 Å². The van der Waals surface area contributed by atoms with Crippen molar-refractivity contribution in [1.29, 1.82) is 0 Å². The topological polar surface area (TPSA) is 93.2 Å². The van der Waals surface area contributed by atoms with Crippen molar-refractivity contribution in [3.05, 3.63) is 53.9 Å². The number of benzene rings is 1. The van der Waals surface area contributed by atoms with Crippen LogP contribution in [0.3, 0.4) is 0 Å². The van der Waals surface area contributed by atoms with Gasteiger partial charge in [-0.05, 0) is 35.8 Å². The van der Waals surface area contributed by atoms with E-state index in [9.17, 15) is 9.59 Å². The number of ether oxygens (including phenoxy) is 1. The molecule has 1 aromatic carbocycles. The van der Waals surface area contributed by atoms with Crippen molar-refractivity contribution in [3.8, 4) is 0 Å². The first-order chi connectivity index (χ1) is 12.2. The van der Waals surface area contributed by atoms with E-state index in [1.807, 2.05) is 24.3 Å². The SMILES string of the molecule is COC(=O)c1cccc(C(=O)NCCNc2nsc3ccccc23)n1. The van der Waals surface area contributed by atoms with Crippen LogP contribution < -0.4 is 10.6 Å². The number of esters is 1. The molecule has 0 unspecified atom stereocenters. The number of hydrogen-bond acceptors (Lipinski definition) is 7. The number of carbonyl (C=O) groups is 2. The third kappa shape index (κ3) is 3.92. The predicted octanol–water partition coefficient (Wildman–Crippen LogP) is 2.32.